The molecular weight excluding hydrogens is 306 g/mol. The fraction of sp³-hybridized carbons (Fsp3) is 0.500. The molecule has 6 heteroatoms. The Hall–Kier alpha value is -2.37. The van der Waals surface area contributed by atoms with Gasteiger partial charge in [0.2, 0.25) is 5.91 Å². The van der Waals surface area contributed by atoms with Gasteiger partial charge in [-0.25, -0.2) is 9.78 Å². The molecule has 0 fully saturated rings. The van der Waals surface area contributed by atoms with E-state index in [0.717, 1.165) is 43.7 Å². The first-order valence-corrected chi connectivity index (χ1v) is 8.46. The predicted molar refractivity (Wildman–Crippen MR) is 93.0 cm³/mol. The van der Waals surface area contributed by atoms with E-state index in [-0.39, 0.29) is 12.3 Å². The normalized spacial score (nSPS) is 14.2. The van der Waals surface area contributed by atoms with E-state index in [1.807, 2.05) is 0 Å². The van der Waals surface area contributed by atoms with Gasteiger partial charge in [-0.3, -0.25) is 4.79 Å². The van der Waals surface area contributed by atoms with Crippen molar-refractivity contribution in [2.24, 2.45) is 0 Å². The number of fused-ring (bicyclic) bond motifs is 1. The largest absolute Gasteiger partial charge is 0.480 e. The number of rotatable bonds is 9. The predicted octanol–water partition coefficient (Wildman–Crippen LogP) is 2.30. The van der Waals surface area contributed by atoms with E-state index in [9.17, 15) is 9.59 Å². The van der Waals surface area contributed by atoms with E-state index in [0.29, 0.717) is 12.8 Å². The number of pyridine rings is 1. The van der Waals surface area contributed by atoms with Crippen molar-refractivity contribution in [3.05, 3.63) is 36.0 Å². The van der Waals surface area contributed by atoms with Crippen molar-refractivity contribution < 1.29 is 14.7 Å². The van der Waals surface area contributed by atoms with Gasteiger partial charge < -0.3 is 15.7 Å². The number of aryl methyl sites for hydroxylation is 2. The molecule has 1 aromatic heterocycles. The molecule has 3 N–H and O–H groups in total. The van der Waals surface area contributed by atoms with Crippen LogP contribution in [0.25, 0.3) is 0 Å². The van der Waals surface area contributed by atoms with E-state index in [4.69, 9.17) is 5.11 Å². The Labute approximate surface area is 142 Å². The molecule has 1 aromatic rings. The summed E-state index contributed by atoms with van der Waals surface area (Å²) in [6, 6.07) is 3.29. The Bertz CT molecular complexity index is 601. The maximum absolute atomic E-state index is 11.8. The van der Waals surface area contributed by atoms with Crippen LogP contribution >= 0.6 is 0 Å². The summed E-state index contributed by atoms with van der Waals surface area (Å²) < 4.78 is 0. The topological polar surface area (TPSA) is 91.3 Å². The zero-order valence-electron chi connectivity index (χ0n) is 13.9. The standard InChI is InChI=1S/C18H25N3O3/c1-2-6-15(18(23)24)21-16(22)9-4-3-8-14-11-10-13-7-5-12-19-17(13)20-14/h2,10-11,15H,1,3-9,12H2,(H,19,20)(H,21,22)(H,23,24)/t15-/m0/s1. The molecule has 24 heavy (non-hydrogen) atoms. The monoisotopic (exact) mass is 331 g/mol. The molecule has 0 saturated heterocycles. The number of carbonyl (C=O) groups is 2. The third-order valence-corrected chi connectivity index (χ3v) is 4.07. The summed E-state index contributed by atoms with van der Waals surface area (Å²) in [5.74, 6) is -0.274. The Morgan fingerprint density at radius 3 is 3.00 bits per heavy atom. The summed E-state index contributed by atoms with van der Waals surface area (Å²) in [4.78, 5) is 27.4. The number of hydrogen-bond donors (Lipinski definition) is 3. The Balaban J connectivity index is 1.71. The molecule has 130 valence electrons. The van der Waals surface area contributed by atoms with Crippen LogP contribution in [0.4, 0.5) is 5.82 Å². The minimum Gasteiger partial charge on any atom is -0.480 e. The van der Waals surface area contributed by atoms with Crippen molar-refractivity contribution in [1.29, 1.82) is 0 Å². The van der Waals surface area contributed by atoms with Gasteiger partial charge in [-0.2, -0.15) is 0 Å². The highest BCUT2D eigenvalue weighted by atomic mass is 16.4. The Kier molecular flexibility index (Phi) is 6.78. The second-order valence-corrected chi connectivity index (χ2v) is 6.03. The summed E-state index contributed by atoms with van der Waals surface area (Å²) in [5.41, 5.74) is 2.30. The summed E-state index contributed by atoms with van der Waals surface area (Å²) in [5, 5.41) is 14.8. The number of carbonyl (C=O) groups excluding carboxylic acids is 1. The van der Waals surface area contributed by atoms with Crippen molar-refractivity contribution in [3.8, 4) is 0 Å². The molecule has 2 heterocycles. The molecule has 1 amide bonds. The van der Waals surface area contributed by atoms with Gasteiger partial charge in [-0.1, -0.05) is 12.1 Å². The number of aromatic nitrogens is 1. The van der Waals surface area contributed by atoms with Crippen LogP contribution < -0.4 is 10.6 Å². The van der Waals surface area contributed by atoms with Crippen LogP contribution in [0.5, 0.6) is 0 Å². The number of amides is 1. The molecule has 6 nitrogen and oxygen atoms in total. The van der Waals surface area contributed by atoms with Gasteiger partial charge in [-0.05, 0) is 50.2 Å². The van der Waals surface area contributed by atoms with Crippen LogP contribution in [0.1, 0.15) is 43.4 Å². The molecule has 1 aliphatic heterocycles. The smallest absolute Gasteiger partial charge is 0.326 e. The van der Waals surface area contributed by atoms with Gasteiger partial charge in [0.25, 0.3) is 0 Å². The van der Waals surface area contributed by atoms with Crippen molar-refractivity contribution >= 4 is 17.7 Å². The zero-order chi connectivity index (χ0) is 17.4. The maximum atomic E-state index is 11.8. The third-order valence-electron chi connectivity index (χ3n) is 4.07. The Morgan fingerprint density at radius 2 is 2.25 bits per heavy atom. The summed E-state index contributed by atoms with van der Waals surface area (Å²) in [7, 11) is 0. The van der Waals surface area contributed by atoms with Crippen LogP contribution in [0, 0.1) is 0 Å². The highest BCUT2D eigenvalue weighted by Crippen LogP contribution is 2.20. The molecule has 0 aliphatic carbocycles. The van der Waals surface area contributed by atoms with Gasteiger partial charge in [0.15, 0.2) is 0 Å². The van der Waals surface area contributed by atoms with E-state index in [2.05, 4.69) is 34.3 Å². The molecule has 0 saturated carbocycles. The van der Waals surface area contributed by atoms with Crippen LogP contribution in [-0.4, -0.2) is 34.6 Å². The lowest BCUT2D eigenvalue weighted by Crippen LogP contribution is -2.40. The lowest BCUT2D eigenvalue weighted by atomic mass is 10.1. The van der Waals surface area contributed by atoms with Gasteiger partial charge in [0, 0.05) is 18.7 Å². The van der Waals surface area contributed by atoms with Crippen LogP contribution in [0.15, 0.2) is 24.8 Å². The van der Waals surface area contributed by atoms with E-state index < -0.39 is 12.0 Å². The van der Waals surface area contributed by atoms with Crippen LogP contribution in [0.3, 0.4) is 0 Å². The van der Waals surface area contributed by atoms with Gasteiger partial charge in [-0.15, -0.1) is 6.58 Å². The van der Waals surface area contributed by atoms with E-state index in [1.165, 1.54) is 11.6 Å². The van der Waals surface area contributed by atoms with E-state index >= 15 is 0 Å². The second kappa shape index (κ2) is 9.05. The fourth-order valence-corrected chi connectivity index (χ4v) is 2.75. The number of nitrogens with one attached hydrogen (secondary N) is 2. The molecule has 0 aromatic carbocycles. The summed E-state index contributed by atoms with van der Waals surface area (Å²) in [6.07, 6.45) is 6.64. The highest BCUT2D eigenvalue weighted by molar-refractivity contribution is 5.83. The summed E-state index contributed by atoms with van der Waals surface area (Å²) in [6.45, 7) is 4.47. The van der Waals surface area contributed by atoms with Crippen molar-refractivity contribution in [1.82, 2.24) is 10.3 Å². The molecule has 2 rings (SSSR count). The Morgan fingerprint density at radius 1 is 1.42 bits per heavy atom. The molecule has 0 unspecified atom stereocenters. The molecule has 0 radical (unpaired) electrons. The zero-order valence-corrected chi connectivity index (χ0v) is 13.9. The average Bonchev–Trinajstić information content (AvgIpc) is 2.58. The fourth-order valence-electron chi connectivity index (χ4n) is 2.75. The number of unbranched alkanes of at least 4 members (excludes halogenated alkanes) is 1. The SMILES string of the molecule is C=CC[C@H](NC(=O)CCCCc1ccc2c(n1)NCCC2)C(=O)O. The lowest BCUT2D eigenvalue weighted by molar-refractivity contribution is -0.141. The van der Waals surface area contributed by atoms with Gasteiger partial charge >= 0.3 is 5.97 Å². The molecule has 0 bridgehead atoms. The lowest BCUT2D eigenvalue weighted by Gasteiger charge is -2.17. The minimum atomic E-state index is -1.03. The molecular formula is C18H25N3O3. The average molecular weight is 331 g/mol. The first-order chi connectivity index (χ1) is 11.6. The number of hydrogen-bond acceptors (Lipinski definition) is 4. The summed E-state index contributed by atoms with van der Waals surface area (Å²) >= 11 is 0. The highest BCUT2D eigenvalue weighted by Gasteiger charge is 2.17. The third kappa shape index (κ3) is 5.37. The number of nitrogens with zero attached hydrogens (tertiary/aromatic N) is 1. The first kappa shape index (κ1) is 18.0. The molecule has 0 spiro atoms. The quantitative estimate of drug-likeness (QED) is 0.477. The number of carboxylic acids is 1. The number of aliphatic carboxylic acids is 1. The van der Waals surface area contributed by atoms with Gasteiger partial charge in [0.1, 0.15) is 11.9 Å². The van der Waals surface area contributed by atoms with E-state index in [1.54, 1.807) is 0 Å². The number of anilines is 1. The maximum Gasteiger partial charge on any atom is 0.326 e. The minimum absolute atomic E-state index is 0.229. The molecule has 1 aliphatic rings. The molecule has 1 atom stereocenters. The van der Waals surface area contributed by atoms with Crippen LogP contribution in [-0.2, 0) is 22.4 Å². The first-order valence-electron chi connectivity index (χ1n) is 8.46. The van der Waals surface area contributed by atoms with Crippen molar-refractivity contribution in [2.75, 3.05) is 11.9 Å². The van der Waals surface area contributed by atoms with Crippen molar-refractivity contribution in [2.45, 2.75) is 51.0 Å². The second-order valence-electron chi connectivity index (χ2n) is 6.03. The number of carboxylic acid groups (broad SMARTS) is 1. The van der Waals surface area contributed by atoms with Crippen LogP contribution in [0.2, 0.25) is 0 Å². The van der Waals surface area contributed by atoms with Gasteiger partial charge in [0.05, 0.1) is 0 Å². The van der Waals surface area contributed by atoms with Crippen molar-refractivity contribution in [3.63, 3.8) is 0 Å².